The molecule has 4 aromatic rings. The monoisotopic (exact) mass is 529 g/mol. The summed E-state index contributed by atoms with van der Waals surface area (Å²) < 4.78 is 3.33. The molecule has 0 unspecified atom stereocenters. The Bertz CT molecular complexity index is 1460. The van der Waals surface area contributed by atoms with Crippen molar-refractivity contribution in [3.63, 3.8) is 0 Å². The van der Waals surface area contributed by atoms with Gasteiger partial charge in [-0.15, -0.1) is 0 Å². The van der Waals surface area contributed by atoms with Gasteiger partial charge in [0.1, 0.15) is 0 Å². The number of amides is 1. The van der Waals surface area contributed by atoms with Crippen LogP contribution in [0, 0.1) is 20.8 Å². The maximum absolute atomic E-state index is 12.7. The normalized spacial score (nSPS) is 16.1. The smallest absolute Gasteiger partial charge is 0.264 e. The number of aromatic nitrogens is 1. The summed E-state index contributed by atoms with van der Waals surface area (Å²) in [7, 11) is 0. The van der Waals surface area contributed by atoms with Crippen molar-refractivity contribution >= 4 is 61.4 Å². The van der Waals surface area contributed by atoms with Gasteiger partial charge in [-0.1, -0.05) is 64.0 Å². The molecular formula is C28H24BrN3OS. The second kappa shape index (κ2) is 9.28. The van der Waals surface area contributed by atoms with Gasteiger partial charge in [-0.25, -0.2) is 4.99 Å². The molecule has 0 radical (unpaired) electrons. The number of aliphatic imine (C=N–C) groups is 1. The first kappa shape index (κ1) is 22.7. The molecule has 1 amide bonds. The van der Waals surface area contributed by atoms with Crippen molar-refractivity contribution < 1.29 is 4.79 Å². The van der Waals surface area contributed by atoms with E-state index in [2.05, 4.69) is 86.4 Å². The second-order valence-corrected chi connectivity index (χ2v) is 10.4. The lowest BCUT2D eigenvalue weighted by Gasteiger charge is -2.06. The highest BCUT2D eigenvalue weighted by Gasteiger charge is 2.24. The van der Waals surface area contributed by atoms with Gasteiger partial charge in [0.15, 0.2) is 5.17 Å². The van der Waals surface area contributed by atoms with Gasteiger partial charge in [-0.3, -0.25) is 4.79 Å². The number of nitrogens with zero attached hydrogens (tertiary/aromatic N) is 2. The number of rotatable bonds is 4. The first-order valence-electron chi connectivity index (χ1n) is 11.1. The summed E-state index contributed by atoms with van der Waals surface area (Å²) in [5, 5.41) is 4.64. The summed E-state index contributed by atoms with van der Waals surface area (Å²) in [5.41, 5.74) is 7.73. The Labute approximate surface area is 211 Å². The van der Waals surface area contributed by atoms with Crippen molar-refractivity contribution in [2.75, 3.05) is 0 Å². The molecule has 6 heteroatoms. The fraction of sp³-hybridized carbons (Fsp3) is 0.143. The predicted molar refractivity (Wildman–Crippen MR) is 147 cm³/mol. The Morgan fingerprint density at radius 2 is 1.74 bits per heavy atom. The van der Waals surface area contributed by atoms with Gasteiger partial charge >= 0.3 is 0 Å². The van der Waals surface area contributed by atoms with E-state index in [1.807, 2.05) is 38.1 Å². The van der Waals surface area contributed by atoms with Crippen molar-refractivity contribution in [1.29, 1.82) is 0 Å². The SMILES string of the molecule is Cc1ccc(Cn2cc(/C=C3\SC(=Nc4cc(C)c(Br)c(C)c4)NC3=O)c3ccccc32)cc1. The number of benzene rings is 3. The van der Waals surface area contributed by atoms with Crippen molar-refractivity contribution in [2.24, 2.45) is 4.99 Å². The fourth-order valence-corrected chi connectivity index (χ4v) is 5.20. The fourth-order valence-electron chi connectivity index (χ4n) is 4.14. The van der Waals surface area contributed by atoms with E-state index >= 15 is 0 Å². The molecule has 1 aromatic heterocycles. The summed E-state index contributed by atoms with van der Waals surface area (Å²) in [6.07, 6.45) is 4.09. The molecule has 1 aliphatic rings. The minimum atomic E-state index is -0.121. The van der Waals surface area contributed by atoms with Crippen LogP contribution in [0.1, 0.15) is 27.8 Å². The van der Waals surface area contributed by atoms with Crippen LogP contribution in [0.15, 0.2) is 81.2 Å². The molecule has 170 valence electrons. The lowest BCUT2D eigenvalue weighted by molar-refractivity contribution is -0.115. The zero-order valence-corrected chi connectivity index (χ0v) is 21.6. The van der Waals surface area contributed by atoms with Gasteiger partial charge in [-0.2, -0.15) is 0 Å². The van der Waals surface area contributed by atoms with Gasteiger partial charge in [0.05, 0.1) is 10.6 Å². The number of fused-ring (bicyclic) bond motifs is 1. The Morgan fingerprint density at radius 1 is 1.03 bits per heavy atom. The molecule has 1 aliphatic heterocycles. The second-order valence-electron chi connectivity index (χ2n) is 8.59. The number of para-hydroxylation sites is 1. The van der Waals surface area contributed by atoms with Crippen molar-refractivity contribution in [1.82, 2.24) is 9.88 Å². The third kappa shape index (κ3) is 4.61. The highest BCUT2D eigenvalue weighted by atomic mass is 79.9. The minimum Gasteiger partial charge on any atom is -0.342 e. The van der Waals surface area contributed by atoms with E-state index in [4.69, 9.17) is 0 Å². The van der Waals surface area contributed by atoms with Gasteiger partial charge in [0.2, 0.25) is 0 Å². The third-order valence-electron chi connectivity index (χ3n) is 5.88. The lowest BCUT2D eigenvalue weighted by atomic mass is 10.1. The Kier molecular flexibility index (Phi) is 6.19. The number of hydrogen-bond acceptors (Lipinski definition) is 3. The van der Waals surface area contributed by atoms with Crippen LogP contribution in [0.25, 0.3) is 17.0 Å². The molecule has 0 atom stereocenters. The Morgan fingerprint density at radius 3 is 2.47 bits per heavy atom. The number of nitrogens with one attached hydrogen (secondary N) is 1. The maximum atomic E-state index is 12.7. The average Bonchev–Trinajstić information content (AvgIpc) is 3.33. The predicted octanol–water partition coefficient (Wildman–Crippen LogP) is 7.27. The molecule has 3 aromatic carbocycles. The van der Waals surface area contributed by atoms with E-state index in [-0.39, 0.29) is 5.91 Å². The van der Waals surface area contributed by atoms with Crippen LogP contribution in [0.2, 0.25) is 0 Å². The zero-order valence-electron chi connectivity index (χ0n) is 19.2. The van der Waals surface area contributed by atoms with Crippen LogP contribution in [-0.4, -0.2) is 15.6 Å². The molecule has 1 saturated heterocycles. The highest BCUT2D eigenvalue weighted by Crippen LogP contribution is 2.33. The number of aryl methyl sites for hydroxylation is 3. The summed E-state index contributed by atoms with van der Waals surface area (Å²) in [6.45, 7) is 6.95. The molecule has 34 heavy (non-hydrogen) atoms. The summed E-state index contributed by atoms with van der Waals surface area (Å²) in [6, 6.07) is 20.9. The first-order valence-corrected chi connectivity index (χ1v) is 12.7. The maximum Gasteiger partial charge on any atom is 0.264 e. The van der Waals surface area contributed by atoms with E-state index in [0.717, 1.165) is 44.3 Å². The van der Waals surface area contributed by atoms with Crippen LogP contribution in [0.5, 0.6) is 0 Å². The van der Waals surface area contributed by atoms with Gasteiger partial charge < -0.3 is 9.88 Å². The number of thioether (sulfide) groups is 1. The van der Waals surface area contributed by atoms with Gasteiger partial charge in [0, 0.05) is 33.7 Å². The standard InChI is InChI=1S/C28H24BrN3OS/c1-17-8-10-20(11-9-17)15-32-16-21(23-6-4-5-7-24(23)32)14-25-27(33)31-28(34-25)30-22-12-18(2)26(29)19(3)13-22/h4-14,16H,15H2,1-3H3,(H,30,31,33)/b25-14-. The van der Waals surface area contributed by atoms with Crippen molar-refractivity contribution in [2.45, 2.75) is 27.3 Å². The van der Waals surface area contributed by atoms with Crippen molar-refractivity contribution in [3.05, 3.63) is 104 Å². The molecule has 1 fully saturated rings. The van der Waals surface area contributed by atoms with E-state index in [0.29, 0.717) is 10.1 Å². The average molecular weight is 530 g/mol. The number of halogens is 1. The minimum absolute atomic E-state index is 0.121. The molecule has 1 N–H and O–H groups in total. The van der Waals surface area contributed by atoms with Crippen LogP contribution >= 0.6 is 27.7 Å². The van der Waals surface area contributed by atoms with Crippen molar-refractivity contribution in [3.8, 4) is 0 Å². The van der Waals surface area contributed by atoms with Crippen LogP contribution in [-0.2, 0) is 11.3 Å². The molecule has 0 bridgehead atoms. The first-order chi connectivity index (χ1) is 16.4. The largest absolute Gasteiger partial charge is 0.342 e. The molecule has 0 saturated carbocycles. The molecule has 4 nitrogen and oxygen atoms in total. The zero-order chi connectivity index (χ0) is 23.8. The summed E-state index contributed by atoms with van der Waals surface area (Å²) in [4.78, 5) is 18.1. The summed E-state index contributed by atoms with van der Waals surface area (Å²) >= 11 is 4.97. The highest BCUT2D eigenvalue weighted by molar-refractivity contribution is 9.10. The van der Waals surface area contributed by atoms with E-state index in [1.54, 1.807) is 0 Å². The number of carbonyl (C=O) groups is 1. The van der Waals surface area contributed by atoms with E-state index in [9.17, 15) is 4.79 Å². The van der Waals surface area contributed by atoms with Crippen LogP contribution in [0.3, 0.4) is 0 Å². The molecule has 0 aliphatic carbocycles. The number of amidine groups is 1. The summed E-state index contributed by atoms with van der Waals surface area (Å²) in [5.74, 6) is -0.121. The molecule has 0 spiro atoms. The quantitative estimate of drug-likeness (QED) is 0.282. The van der Waals surface area contributed by atoms with Gasteiger partial charge in [0.25, 0.3) is 5.91 Å². The number of hydrogen-bond donors (Lipinski definition) is 1. The van der Waals surface area contributed by atoms with E-state index < -0.39 is 0 Å². The molecule has 5 rings (SSSR count). The Balaban J connectivity index is 1.46. The van der Waals surface area contributed by atoms with Crippen LogP contribution in [0.4, 0.5) is 5.69 Å². The number of carbonyl (C=O) groups excluding carboxylic acids is 1. The van der Waals surface area contributed by atoms with Gasteiger partial charge in [-0.05, 0) is 73.5 Å². The Hall–Kier alpha value is -3.09. The molecular weight excluding hydrogens is 506 g/mol. The lowest BCUT2D eigenvalue weighted by Crippen LogP contribution is -2.19. The van der Waals surface area contributed by atoms with Crippen LogP contribution < -0.4 is 5.32 Å². The third-order valence-corrected chi connectivity index (χ3v) is 8.04. The topological polar surface area (TPSA) is 46.4 Å². The van der Waals surface area contributed by atoms with E-state index in [1.165, 1.54) is 22.9 Å². The molecule has 2 heterocycles.